The number of rotatable bonds is 7. The number of guanidine groups is 1. The molecule has 2 rings (SSSR count). The highest BCUT2D eigenvalue weighted by molar-refractivity contribution is 5.77. The van der Waals surface area contributed by atoms with Gasteiger partial charge < -0.3 is 11.1 Å². The van der Waals surface area contributed by atoms with Gasteiger partial charge in [0.2, 0.25) is 0 Å². The Bertz CT molecular complexity index is 374. The topological polar surface area (TPSA) is 56.9 Å². The van der Waals surface area contributed by atoms with Gasteiger partial charge in [-0.2, -0.15) is 0 Å². The van der Waals surface area contributed by atoms with E-state index in [0.717, 1.165) is 19.6 Å². The van der Waals surface area contributed by atoms with Crippen LogP contribution >= 0.6 is 0 Å². The first-order valence-electron chi connectivity index (χ1n) is 10.1. The van der Waals surface area contributed by atoms with Crippen molar-refractivity contribution in [3.05, 3.63) is 0 Å². The minimum absolute atomic E-state index is 0.516. The molecule has 0 spiro atoms. The van der Waals surface area contributed by atoms with E-state index in [4.69, 9.17) is 5.73 Å². The third-order valence-electron chi connectivity index (χ3n) is 5.75. The number of nitrogens with zero attached hydrogens (tertiary/aromatic N) is 3. The van der Waals surface area contributed by atoms with Crippen molar-refractivity contribution >= 4 is 5.96 Å². The van der Waals surface area contributed by atoms with Crippen LogP contribution in [0.4, 0.5) is 0 Å². The molecule has 3 N–H and O–H groups in total. The van der Waals surface area contributed by atoms with Crippen LogP contribution < -0.4 is 11.1 Å². The fraction of sp³-hybridized carbons (Fsp3) is 0.947. The van der Waals surface area contributed by atoms with Gasteiger partial charge in [-0.25, -0.2) is 0 Å². The molecule has 5 nitrogen and oxygen atoms in total. The van der Waals surface area contributed by atoms with Crippen LogP contribution in [0.5, 0.6) is 0 Å². The summed E-state index contributed by atoms with van der Waals surface area (Å²) in [7, 11) is 0. The van der Waals surface area contributed by atoms with E-state index in [9.17, 15) is 0 Å². The molecule has 5 heteroatoms. The largest absolute Gasteiger partial charge is 0.370 e. The van der Waals surface area contributed by atoms with Crippen molar-refractivity contribution in [1.82, 2.24) is 15.1 Å². The first kappa shape index (κ1) is 19.5. The zero-order chi connectivity index (χ0) is 17.4. The molecule has 0 aliphatic carbocycles. The Labute approximate surface area is 149 Å². The number of nitrogens with one attached hydrogen (secondary N) is 1. The quantitative estimate of drug-likeness (QED) is 0.553. The van der Waals surface area contributed by atoms with E-state index in [1.165, 1.54) is 58.2 Å². The lowest BCUT2D eigenvalue weighted by atomic mass is 10.0. The van der Waals surface area contributed by atoms with Gasteiger partial charge in [-0.1, -0.05) is 33.6 Å². The second-order valence-corrected chi connectivity index (χ2v) is 7.79. The summed E-state index contributed by atoms with van der Waals surface area (Å²) in [5.74, 6) is 1.24. The van der Waals surface area contributed by atoms with Crippen LogP contribution in [0.1, 0.15) is 59.3 Å². The van der Waals surface area contributed by atoms with Crippen LogP contribution in [0.25, 0.3) is 0 Å². The van der Waals surface area contributed by atoms with Gasteiger partial charge >= 0.3 is 0 Å². The van der Waals surface area contributed by atoms with Crippen LogP contribution in [0.15, 0.2) is 4.99 Å². The molecule has 2 atom stereocenters. The summed E-state index contributed by atoms with van der Waals surface area (Å²) in [4.78, 5) is 9.87. The summed E-state index contributed by atoms with van der Waals surface area (Å²) in [5, 5.41) is 3.37. The van der Waals surface area contributed by atoms with Gasteiger partial charge in [0, 0.05) is 18.6 Å². The molecule has 2 aliphatic heterocycles. The van der Waals surface area contributed by atoms with E-state index in [1.54, 1.807) is 0 Å². The van der Waals surface area contributed by atoms with E-state index in [-0.39, 0.29) is 0 Å². The molecule has 24 heavy (non-hydrogen) atoms. The van der Waals surface area contributed by atoms with Crippen molar-refractivity contribution in [3.8, 4) is 0 Å². The zero-order valence-electron chi connectivity index (χ0n) is 16.1. The molecule has 0 aromatic heterocycles. The zero-order valence-corrected chi connectivity index (χ0v) is 16.1. The number of aliphatic imine (C=N–C) groups is 1. The Morgan fingerprint density at radius 3 is 2.46 bits per heavy atom. The highest BCUT2D eigenvalue weighted by Crippen LogP contribution is 2.18. The van der Waals surface area contributed by atoms with Crippen LogP contribution in [-0.4, -0.2) is 67.1 Å². The Balaban J connectivity index is 1.81. The van der Waals surface area contributed by atoms with Crippen LogP contribution in [-0.2, 0) is 0 Å². The number of nitrogens with two attached hydrogens (primary N) is 1. The molecule has 0 radical (unpaired) electrons. The third kappa shape index (κ3) is 5.92. The summed E-state index contributed by atoms with van der Waals surface area (Å²) in [5.41, 5.74) is 6.15. The minimum Gasteiger partial charge on any atom is -0.370 e. The van der Waals surface area contributed by atoms with Crippen LogP contribution in [0.3, 0.4) is 0 Å². The first-order chi connectivity index (χ1) is 11.6. The Morgan fingerprint density at radius 2 is 1.83 bits per heavy atom. The predicted octanol–water partition coefficient (Wildman–Crippen LogP) is 2.28. The highest BCUT2D eigenvalue weighted by atomic mass is 15.2. The molecule has 2 fully saturated rings. The maximum absolute atomic E-state index is 6.15. The van der Waals surface area contributed by atoms with Crippen molar-refractivity contribution in [1.29, 1.82) is 0 Å². The average molecular weight is 338 g/mol. The normalized spacial score (nSPS) is 25.8. The van der Waals surface area contributed by atoms with Crippen molar-refractivity contribution in [2.75, 3.05) is 39.3 Å². The molecular weight excluding hydrogens is 298 g/mol. The van der Waals surface area contributed by atoms with Crippen molar-refractivity contribution in [3.63, 3.8) is 0 Å². The second kappa shape index (κ2) is 10.2. The van der Waals surface area contributed by atoms with E-state index in [2.05, 4.69) is 40.9 Å². The monoisotopic (exact) mass is 337 g/mol. The van der Waals surface area contributed by atoms with Gasteiger partial charge in [0.25, 0.3) is 0 Å². The average Bonchev–Trinajstić information content (AvgIpc) is 2.86. The summed E-state index contributed by atoms with van der Waals surface area (Å²) < 4.78 is 0. The maximum Gasteiger partial charge on any atom is 0.188 e. The van der Waals surface area contributed by atoms with Crippen LogP contribution in [0, 0.1) is 5.92 Å². The molecule has 2 aliphatic rings. The molecule has 2 saturated heterocycles. The fourth-order valence-electron chi connectivity index (χ4n) is 4.19. The predicted molar refractivity (Wildman–Crippen MR) is 103 cm³/mol. The molecule has 140 valence electrons. The molecule has 0 aromatic rings. The lowest BCUT2D eigenvalue weighted by Gasteiger charge is -2.32. The van der Waals surface area contributed by atoms with Gasteiger partial charge in [-0.15, -0.1) is 0 Å². The van der Waals surface area contributed by atoms with E-state index in [1.807, 2.05) is 0 Å². The minimum atomic E-state index is 0.516. The first-order valence-corrected chi connectivity index (χ1v) is 10.1. The number of likely N-dealkylation sites (tertiary alicyclic amines) is 2. The van der Waals surface area contributed by atoms with E-state index < -0.39 is 0 Å². The van der Waals surface area contributed by atoms with Crippen molar-refractivity contribution in [2.24, 2.45) is 16.6 Å². The maximum atomic E-state index is 6.15. The summed E-state index contributed by atoms with van der Waals surface area (Å²) >= 11 is 0. The standard InChI is InChI=1S/C19H39N5/c1-4-23-13-9-10-17(23)14-21-19(20)22-15-18(16(2)3)24-11-7-5-6-8-12-24/h16-18H,4-15H2,1-3H3,(H3,20,21,22). The Kier molecular flexibility index (Phi) is 8.33. The van der Waals surface area contributed by atoms with Gasteiger partial charge in [0.05, 0.1) is 6.54 Å². The summed E-state index contributed by atoms with van der Waals surface area (Å²) in [6.45, 7) is 13.4. The fourth-order valence-corrected chi connectivity index (χ4v) is 4.19. The molecule has 0 aromatic carbocycles. The van der Waals surface area contributed by atoms with Gasteiger partial charge in [0.1, 0.15) is 0 Å². The lowest BCUT2D eigenvalue weighted by Crippen LogP contribution is -2.45. The lowest BCUT2D eigenvalue weighted by molar-refractivity contribution is 0.166. The summed E-state index contributed by atoms with van der Waals surface area (Å²) in [6, 6.07) is 1.14. The molecule has 0 saturated carbocycles. The Morgan fingerprint density at radius 1 is 1.12 bits per heavy atom. The van der Waals surface area contributed by atoms with E-state index >= 15 is 0 Å². The molecule has 2 unspecified atom stereocenters. The van der Waals surface area contributed by atoms with Gasteiger partial charge in [0.15, 0.2) is 5.96 Å². The van der Waals surface area contributed by atoms with E-state index in [0.29, 0.717) is 24.0 Å². The third-order valence-corrected chi connectivity index (χ3v) is 5.75. The van der Waals surface area contributed by atoms with Gasteiger partial charge in [-0.3, -0.25) is 14.8 Å². The van der Waals surface area contributed by atoms with Crippen molar-refractivity contribution in [2.45, 2.75) is 71.4 Å². The number of hydrogen-bond acceptors (Lipinski definition) is 3. The molecule has 2 heterocycles. The number of hydrogen-bond donors (Lipinski definition) is 2. The molecule has 0 bridgehead atoms. The summed E-state index contributed by atoms with van der Waals surface area (Å²) in [6.07, 6.45) is 8.00. The second-order valence-electron chi connectivity index (χ2n) is 7.79. The highest BCUT2D eigenvalue weighted by Gasteiger charge is 2.24. The molecule has 0 amide bonds. The molecular formula is C19H39N5. The van der Waals surface area contributed by atoms with Crippen molar-refractivity contribution < 1.29 is 0 Å². The SMILES string of the molecule is CCN1CCCC1CNC(N)=NCC(C(C)C)N1CCCCCC1. The number of likely N-dealkylation sites (N-methyl/N-ethyl adjacent to an activating group) is 1. The van der Waals surface area contributed by atoms with Gasteiger partial charge in [-0.05, 0) is 57.8 Å². The Hall–Kier alpha value is -0.810. The van der Waals surface area contributed by atoms with Crippen LogP contribution in [0.2, 0.25) is 0 Å². The smallest absolute Gasteiger partial charge is 0.188 e.